The van der Waals surface area contributed by atoms with Gasteiger partial charge in [-0.05, 0) is 41.8 Å². The number of carbonyl (C=O) groups is 1. The average molecular weight is 414 g/mol. The molecule has 150 valence electrons. The SMILES string of the molecule is O=C(Nc1ccc(OC[C@H](O)COc2cccc([N+](=O)[O-])c2)cc1)c1cccs1. The third-order valence-electron chi connectivity index (χ3n) is 3.77. The Morgan fingerprint density at radius 3 is 2.45 bits per heavy atom. The van der Waals surface area contributed by atoms with Crippen LogP contribution in [0.15, 0.2) is 66.0 Å². The van der Waals surface area contributed by atoms with Crippen molar-refractivity contribution in [3.8, 4) is 11.5 Å². The molecule has 0 saturated heterocycles. The highest BCUT2D eigenvalue weighted by Gasteiger charge is 2.11. The number of rotatable bonds is 9. The molecule has 0 aliphatic carbocycles. The number of aliphatic hydroxyl groups excluding tert-OH is 1. The molecule has 2 N–H and O–H groups in total. The van der Waals surface area contributed by atoms with Gasteiger partial charge in [-0.1, -0.05) is 12.1 Å². The van der Waals surface area contributed by atoms with Gasteiger partial charge in [-0.3, -0.25) is 14.9 Å². The second-order valence-corrected chi connectivity index (χ2v) is 6.93. The summed E-state index contributed by atoms with van der Waals surface area (Å²) in [5.74, 6) is 0.639. The highest BCUT2D eigenvalue weighted by molar-refractivity contribution is 7.12. The molecule has 8 nitrogen and oxygen atoms in total. The summed E-state index contributed by atoms with van der Waals surface area (Å²) in [6.07, 6.45) is -0.924. The smallest absolute Gasteiger partial charge is 0.273 e. The highest BCUT2D eigenvalue weighted by atomic mass is 32.1. The summed E-state index contributed by atoms with van der Waals surface area (Å²) in [4.78, 5) is 22.9. The maximum absolute atomic E-state index is 12.0. The number of nitro groups is 1. The summed E-state index contributed by atoms with van der Waals surface area (Å²) in [5.41, 5.74) is 0.546. The van der Waals surface area contributed by atoms with E-state index in [1.54, 1.807) is 36.4 Å². The lowest BCUT2D eigenvalue weighted by Crippen LogP contribution is -2.25. The largest absolute Gasteiger partial charge is 0.491 e. The van der Waals surface area contributed by atoms with Gasteiger partial charge in [-0.2, -0.15) is 0 Å². The Morgan fingerprint density at radius 1 is 1.07 bits per heavy atom. The molecule has 0 saturated carbocycles. The van der Waals surface area contributed by atoms with Crippen LogP contribution in [-0.4, -0.2) is 35.3 Å². The number of aliphatic hydroxyl groups is 1. The number of non-ortho nitro benzene ring substituents is 1. The number of nitrogens with one attached hydrogen (secondary N) is 1. The molecule has 1 aromatic heterocycles. The van der Waals surface area contributed by atoms with Gasteiger partial charge < -0.3 is 19.9 Å². The van der Waals surface area contributed by atoms with E-state index in [0.29, 0.717) is 22.1 Å². The van der Waals surface area contributed by atoms with Crippen LogP contribution in [0.3, 0.4) is 0 Å². The summed E-state index contributed by atoms with van der Waals surface area (Å²) >= 11 is 1.36. The van der Waals surface area contributed by atoms with Gasteiger partial charge in [0.15, 0.2) is 0 Å². The van der Waals surface area contributed by atoms with Gasteiger partial charge in [0.1, 0.15) is 30.8 Å². The normalized spacial score (nSPS) is 11.5. The van der Waals surface area contributed by atoms with E-state index in [4.69, 9.17) is 9.47 Å². The number of hydrogen-bond donors (Lipinski definition) is 2. The van der Waals surface area contributed by atoms with E-state index >= 15 is 0 Å². The quantitative estimate of drug-likeness (QED) is 0.408. The molecular weight excluding hydrogens is 396 g/mol. The summed E-state index contributed by atoms with van der Waals surface area (Å²) in [6.45, 7) is -0.0913. The summed E-state index contributed by atoms with van der Waals surface area (Å²) in [7, 11) is 0. The van der Waals surface area contributed by atoms with Gasteiger partial charge in [0, 0.05) is 11.8 Å². The van der Waals surface area contributed by atoms with E-state index in [0.717, 1.165) is 0 Å². The highest BCUT2D eigenvalue weighted by Crippen LogP contribution is 2.20. The van der Waals surface area contributed by atoms with Crippen molar-refractivity contribution in [3.63, 3.8) is 0 Å². The Hall–Kier alpha value is -3.43. The Labute approximate surface area is 170 Å². The van der Waals surface area contributed by atoms with Crippen LogP contribution in [0.2, 0.25) is 0 Å². The molecular formula is C20H18N2O6S. The minimum atomic E-state index is -0.924. The van der Waals surface area contributed by atoms with Crippen LogP contribution in [-0.2, 0) is 0 Å². The molecule has 1 atom stereocenters. The van der Waals surface area contributed by atoms with Gasteiger partial charge in [-0.15, -0.1) is 11.3 Å². The molecule has 0 bridgehead atoms. The van der Waals surface area contributed by atoms with Gasteiger partial charge in [-0.25, -0.2) is 0 Å². The van der Waals surface area contributed by atoms with Crippen molar-refractivity contribution in [2.75, 3.05) is 18.5 Å². The van der Waals surface area contributed by atoms with E-state index < -0.39 is 11.0 Å². The third kappa shape index (κ3) is 6.03. The molecule has 0 fully saturated rings. The molecule has 1 heterocycles. The third-order valence-corrected chi connectivity index (χ3v) is 4.64. The van der Waals surface area contributed by atoms with Crippen LogP contribution in [0.4, 0.5) is 11.4 Å². The van der Waals surface area contributed by atoms with Gasteiger partial charge >= 0.3 is 0 Å². The van der Waals surface area contributed by atoms with E-state index in [1.807, 2.05) is 11.4 Å². The first kappa shape index (κ1) is 20.3. The first-order chi connectivity index (χ1) is 14.0. The Kier molecular flexibility index (Phi) is 6.77. The summed E-state index contributed by atoms with van der Waals surface area (Å²) < 4.78 is 10.9. The summed E-state index contributed by atoms with van der Waals surface area (Å²) in [5, 5.41) is 25.4. The number of hydrogen-bond acceptors (Lipinski definition) is 7. The van der Waals surface area contributed by atoms with Crippen LogP contribution in [0, 0.1) is 10.1 Å². The van der Waals surface area contributed by atoms with Crippen molar-refractivity contribution in [2.45, 2.75) is 6.10 Å². The molecule has 3 rings (SSSR count). The van der Waals surface area contributed by atoms with Crippen LogP contribution in [0.1, 0.15) is 9.67 Å². The van der Waals surface area contributed by atoms with Crippen LogP contribution in [0.25, 0.3) is 0 Å². The number of thiophene rings is 1. The number of ether oxygens (including phenoxy) is 2. The predicted octanol–water partition coefficient (Wildman–Crippen LogP) is 3.73. The molecule has 3 aromatic rings. The minimum Gasteiger partial charge on any atom is -0.491 e. The Balaban J connectivity index is 1.44. The predicted molar refractivity (Wildman–Crippen MR) is 109 cm³/mol. The topological polar surface area (TPSA) is 111 Å². The van der Waals surface area contributed by atoms with Crippen molar-refractivity contribution in [1.82, 2.24) is 0 Å². The zero-order valence-electron chi connectivity index (χ0n) is 15.2. The van der Waals surface area contributed by atoms with E-state index in [1.165, 1.54) is 29.5 Å². The van der Waals surface area contributed by atoms with Crippen molar-refractivity contribution in [1.29, 1.82) is 0 Å². The van der Waals surface area contributed by atoms with Crippen molar-refractivity contribution in [2.24, 2.45) is 0 Å². The van der Waals surface area contributed by atoms with E-state index in [9.17, 15) is 20.0 Å². The molecule has 0 radical (unpaired) electrons. The number of benzene rings is 2. The number of amides is 1. The number of nitrogens with zero attached hydrogens (tertiary/aromatic N) is 1. The molecule has 29 heavy (non-hydrogen) atoms. The second-order valence-electron chi connectivity index (χ2n) is 5.99. The molecule has 0 spiro atoms. The molecule has 9 heteroatoms. The Morgan fingerprint density at radius 2 is 1.79 bits per heavy atom. The first-order valence-electron chi connectivity index (χ1n) is 8.64. The van der Waals surface area contributed by atoms with Crippen molar-refractivity contribution >= 4 is 28.6 Å². The fraction of sp³-hybridized carbons (Fsp3) is 0.150. The number of nitro benzene ring substituents is 1. The lowest BCUT2D eigenvalue weighted by Gasteiger charge is -2.14. The zero-order valence-corrected chi connectivity index (χ0v) is 16.0. The number of anilines is 1. The maximum Gasteiger partial charge on any atom is 0.273 e. The standard InChI is InChI=1S/C20H18N2O6S/c23-16(13-28-18-4-1-3-15(11-18)22(25)26)12-27-17-8-6-14(7-9-17)21-20(24)19-5-2-10-29-19/h1-11,16,23H,12-13H2,(H,21,24)/t16-/m0/s1. The lowest BCUT2D eigenvalue weighted by molar-refractivity contribution is -0.384. The van der Waals surface area contributed by atoms with Crippen LogP contribution < -0.4 is 14.8 Å². The van der Waals surface area contributed by atoms with Crippen molar-refractivity contribution in [3.05, 3.63) is 81.0 Å². The van der Waals surface area contributed by atoms with Gasteiger partial charge in [0.2, 0.25) is 0 Å². The van der Waals surface area contributed by atoms with Crippen LogP contribution in [0.5, 0.6) is 11.5 Å². The number of carbonyl (C=O) groups excluding carboxylic acids is 1. The van der Waals surface area contributed by atoms with Gasteiger partial charge in [0.05, 0.1) is 15.9 Å². The van der Waals surface area contributed by atoms with Crippen LogP contribution >= 0.6 is 11.3 Å². The summed E-state index contributed by atoms with van der Waals surface area (Å²) in [6, 6.07) is 16.0. The van der Waals surface area contributed by atoms with Gasteiger partial charge in [0.25, 0.3) is 11.6 Å². The van der Waals surface area contributed by atoms with Crippen molar-refractivity contribution < 1.29 is 24.3 Å². The fourth-order valence-corrected chi connectivity index (χ4v) is 2.97. The molecule has 0 unspecified atom stereocenters. The maximum atomic E-state index is 12.0. The monoisotopic (exact) mass is 414 g/mol. The van der Waals surface area contributed by atoms with E-state index in [-0.39, 0.29) is 24.8 Å². The molecule has 0 aliphatic heterocycles. The minimum absolute atomic E-state index is 0.0180. The second kappa shape index (κ2) is 9.67. The molecule has 0 aliphatic rings. The lowest BCUT2D eigenvalue weighted by atomic mass is 10.3. The molecule has 1 amide bonds. The fourth-order valence-electron chi connectivity index (χ4n) is 2.35. The first-order valence-corrected chi connectivity index (χ1v) is 9.52. The molecule has 2 aromatic carbocycles. The Bertz CT molecular complexity index is 959. The van der Waals surface area contributed by atoms with E-state index in [2.05, 4.69) is 5.32 Å². The zero-order chi connectivity index (χ0) is 20.6. The average Bonchev–Trinajstić information content (AvgIpc) is 3.27.